The van der Waals surface area contributed by atoms with E-state index in [1.807, 2.05) is 7.05 Å². The molecule has 7 nitrogen and oxygen atoms in total. The number of carbonyl (C=O) groups excluding carboxylic acids is 1. The van der Waals surface area contributed by atoms with Crippen LogP contribution in [0.15, 0.2) is 0 Å². The average molecular weight is 273 g/mol. The zero-order valence-electron chi connectivity index (χ0n) is 11.7. The van der Waals surface area contributed by atoms with Gasteiger partial charge in [-0.1, -0.05) is 13.8 Å². The Hall–Kier alpha value is -1.34. The van der Waals surface area contributed by atoms with E-state index < -0.39 is 18.0 Å². The SMILES string of the molecule is CC(C)[C@H](NC(=O)NCC1CN(C)CCO1)C(=O)O. The van der Waals surface area contributed by atoms with E-state index >= 15 is 0 Å². The van der Waals surface area contributed by atoms with Crippen LogP contribution in [0.3, 0.4) is 0 Å². The number of nitrogens with zero attached hydrogens (tertiary/aromatic N) is 1. The van der Waals surface area contributed by atoms with Crippen LogP contribution in [0.2, 0.25) is 0 Å². The molecule has 110 valence electrons. The van der Waals surface area contributed by atoms with Gasteiger partial charge in [-0.3, -0.25) is 0 Å². The van der Waals surface area contributed by atoms with Gasteiger partial charge in [0.05, 0.1) is 12.7 Å². The maximum Gasteiger partial charge on any atom is 0.326 e. The Morgan fingerprint density at radius 3 is 2.68 bits per heavy atom. The topological polar surface area (TPSA) is 90.9 Å². The number of hydrogen-bond donors (Lipinski definition) is 3. The molecule has 0 aromatic heterocycles. The van der Waals surface area contributed by atoms with Crippen LogP contribution in [0.1, 0.15) is 13.8 Å². The molecule has 0 aromatic carbocycles. The second-order valence-electron chi connectivity index (χ2n) is 5.17. The predicted molar refractivity (Wildman–Crippen MR) is 70.0 cm³/mol. The lowest BCUT2D eigenvalue weighted by Gasteiger charge is -2.30. The van der Waals surface area contributed by atoms with Crippen molar-refractivity contribution in [1.29, 1.82) is 0 Å². The van der Waals surface area contributed by atoms with Gasteiger partial charge in [0.25, 0.3) is 0 Å². The third kappa shape index (κ3) is 5.44. The quantitative estimate of drug-likeness (QED) is 0.641. The molecular weight excluding hydrogens is 250 g/mol. The Morgan fingerprint density at radius 1 is 1.47 bits per heavy atom. The molecule has 0 aromatic rings. The minimum absolute atomic E-state index is 0.0492. The van der Waals surface area contributed by atoms with E-state index in [-0.39, 0.29) is 12.0 Å². The lowest BCUT2D eigenvalue weighted by molar-refractivity contribution is -0.140. The summed E-state index contributed by atoms with van der Waals surface area (Å²) in [5.74, 6) is -1.20. The van der Waals surface area contributed by atoms with Crippen molar-refractivity contribution >= 4 is 12.0 Å². The van der Waals surface area contributed by atoms with Crippen molar-refractivity contribution in [3.05, 3.63) is 0 Å². The van der Waals surface area contributed by atoms with E-state index in [1.165, 1.54) is 0 Å². The van der Waals surface area contributed by atoms with Gasteiger partial charge in [0.15, 0.2) is 0 Å². The highest BCUT2D eigenvalue weighted by atomic mass is 16.5. The number of urea groups is 1. The zero-order chi connectivity index (χ0) is 14.4. The van der Waals surface area contributed by atoms with Crippen LogP contribution in [0, 0.1) is 5.92 Å². The number of nitrogens with one attached hydrogen (secondary N) is 2. The monoisotopic (exact) mass is 273 g/mol. The molecular formula is C12H23N3O4. The molecule has 1 heterocycles. The predicted octanol–water partition coefficient (Wildman–Crippen LogP) is -0.275. The van der Waals surface area contributed by atoms with Crippen molar-refractivity contribution < 1.29 is 19.4 Å². The Kier molecular flexibility index (Phi) is 6.04. The first-order valence-electron chi connectivity index (χ1n) is 6.47. The third-order valence-corrected chi connectivity index (χ3v) is 3.05. The summed E-state index contributed by atoms with van der Waals surface area (Å²) >= 11 is 0. The molecule has 0 saturated carbocycles. The third-order valence-electron chi connectivity index (χ3n) is 3.05. The highest BCUT2D eigenvalue weighted by molar-refractivity contribution is 5.82. The molecule has 3 N–H and O–H groups in total. The highest BCUT2D eigenvalue weighted by Crippen LogP contribution is 2.03. The first kappa shape index (κ1) is 15.7. The van der Waals surface area contributed by atoms with E-state index in [0.29, 0.717) is 13.2 Å². The Labute approximate surface area is 113 Å². The number of ether oxygens (including phenoxy) is 1. The molecule has 1 rings (SSSR count). The van der Waals surface area contributed by atoms with Crippen molar-refractivity contribution in [2.45, 2.75) is 26.0 Å². The number of amides is 2. The van der Waals surface area contributed by atoms with E-state index in [2.05, 4.69) is 15.5 Å². The second kappa shape index (κ2) is 7.30. The number of carboxylic acids is 1. The number of hydrogen-bond acceptors (Lipinski definition) is 4. The van der Waals surface area contributed by atoms with Crippen LogP contribution in [0.25, 0.3) is 0 Å². The van der Waals surface area contributed by atoms with Crippen LogP contribution >= 0.6 is 0 Å². The van der Waals surface area contributed by atoms with Crippen LogP contribution < -0.4 is 10.6 Å². The lowest BCUT2D eigenvalue weighted by atomic mass is 10.1. The van der Waals surface area contributed by atoms with Crippen LogP contribution in [0.5, 0.6) is 0 Å². The van der Waals surface area contributed by atoms with E-state index in [9.17, 15) is 9.59 Å². The van der Waals surface area contributed by atoms with Gasteiger partial charge in [0.1, 0.15) is 6.04 Å². The minimum atomic E-state index is -1.03. The summed E-state index contributed by atoms with van der Waals surface area (Å²) in [7, 11) is 1.99. The summed E-state index contributed by atoms with van der Waals surface area (Å²) in [4.78, 5) is 24.7. The maximum absolute atomic E-state index is 11.6. The number of carboxylic acid groups (broad SMARTS) is 1. The van der Waals surface area contributed by atoms with Gasteiger partial charge in [0.2, 0.25) is 0 Å². The molecule has 0 radical (unpaired) electrons. The average Bonchev–Trinajstić information content (AvgIpc) is 2.32. The summed E-state index contributed by atoms with van der Waals surface area (Å²) < 4.78 is 5.50. The standard InChI is InChI=1S/C12H23N3O4/c1-8(2)10(11(16)17)14-12(18)13-6-9-7-15(3)4-5-19-9/h8-10H,4-7H2,1-3H3,(H,16,17)(H2,13,14,18)/t9?,10-/m0/s1. The van der Waals surface area contributed by atoms with Crippen molar-refractivity contribution in [2.24, 2.45) is 5.92 Å². The van der Waals surface area contributed by atoms with Crippen LogP contribution in [-0.2, 0) is 9.53 Å². The molecule has 1 aliphatic heterocycles. The molecule has 1 aliphatic rings. The van der Waals surface area contributed by atoms with Gasteiger partial charge in [-0.2, -0.15) is 0 Å². The maximum atomic E-state index is 11.6. The first-order chi connectivity index (χ1) is 8.90. The van der Waals surface area contributed by atoms with Gasteiger partial charge >= 0.3 is 12.0 Å². The molecule has 2 amide bonds. The Bertz CT molecular complexity index is 322. The number of likely N-dealkylation sites (N-methyl/N-ethyl adjacent to an activating group) is 1. The largest absolute Gasteiger partial charge is 0.480 e. The summed E-state index contributed by atoms with van der Waals surface area (Å²) in [6.45, 7) is 6.16. The van der Waals surface area contributed by atoms with Gasteiger partial charge in [-0.15, -0.1) is 0 Å². The molecule has 19 heavy (non-hydrogen) atoms. The molecule has 7 heteroatoms. The molecule has 1 unspecified atom stereocenters. The lowest BCUT2D eigenvalue weighted by Crippen LogP contribution is -2.52. The summed E-state index contributed by atoms with van der Waals surface area (Å²) in [5.41, 5.74) is 0. The summed E-state index contributed by atoms with van der Waals surface area (Å²) in [5, 5.41) is 14.1. The number of morpholine rings is 1. The molecule has 1 saturated heterocycles. The molecule has 0 spiro atoms. The number of rotatable bonds is 5. The van der Waals surface area contributed by atoms with E-state index in [0.717, 1.165) is 13.1 Å². The molecule has 0 bridgehead atoms. The van der Waals surface area contributed by atoms with Crippen molar-refractivity contribution in [1.82, 2.24) is 15.5 Å². The molecule has 0 aliphatic carbocycles. The van der Waals surface area contributed by atoms with Crippen LogP contribution in [0.4, 0.5) is 4.79 Å². The molecule has 2 atom stereocenters. The van der Waals surface area contributed by atoms with E-state index in [4.69, 9.17) is 9.84 Å². The normalized spacial score (nSPS) is 22.0. The van der Waals surface area contributed by atoms with Crippen molar-refractivity contribution in [3.63, 3.8) is 0 Å². The van der Waals surface area contributed by atoms with Crippen molar-refractivity contribution in [2.75, 3.05) is 33.3 Å². The summed E-state index contributed by atoms with van der Waals surface area (Å²) in [6.07, 6.45) is -0.0492. The zero-order valence-corrected chi connectivity index (χ0v) is 11.7. The van der Waals surface area contributed by atoms with Gasteiger partial charge in [-0.05, 0) is 13.0 Å². The van der Waals surface area contributed by atoms with Crippen molar-refractivity contribution in [3.8, 4) is 0 Å². The first-order valence-corrected chi connectivity index (χ1v) is 6.47. The number of aliphatic carboxylic acids is 1. The van der Waals surface area contributed by atoms with Crippen LogP contribution in [-0.4, -0.2) is 67.4 Å². The Morgan fingerprint density at radius 2 is 2.16 bits per heavy atom. The van der Waals surface area contributed by atoms with E-state index in [1.54, 1.807) is 13.8 Å². The molecule has 1 fully saturated rings. The fraction of sp³-hybridized carbons (Fsp3) is 0.833. The number of carbonyl (C=O) groups is 2. The Balaban J connectivity index is 2.32. The fourth-order valence-corrected chi connectivity index (χ4v) is 1.90. The fourth-order valence-electron chi connectivity index (χ4n) is 1.90. The smallest absolute Gasteiger partial charge is 0.326 e. The van der Waals surface area contributed by atoms with Gasteiger partial charge in [-0.25, -0.2) is 9.59 Å². The minimum Gasteiger partial charge on any atom is -0.480 e. The summed E-state index contributed by atoms with van der Waals surface area (Å²) in [6, 6.07) is -1.35. The second-order valence-corrected chi connectivity index (χ2v) is 5.17. The van der Waals surface area contributed by atoms with Gasteiger partial charge < -0.3 is 25.4 Å². The highest BCUT2D eigenvalue weighted by Gasteiger charge is 2.24. The van der Waals surface area contributed by atoms with Gasteiger partial charge in [0, 0.05) is 19.6 Å².